The maximum Gasteiger partial charge on any atom is 0.171 e. The van der Waals surface area contributed by atoms with Crippen LogP contribution in [0.15, 0.2) is 28.8 Å². The van der Waals surface area contributed by atoms with Crippen molar-refractivity contribution in [1.82, 2.24) is 10.5 Å². The van der Waals surface area contributed by atoms with Gasteiger partial charge < -0.3 is 9.84 Å². The number of hydrogen-bond acceptors (Lipinski definition) is 3. The predicted octanol–water partition coefficient (Wildman–Crippen LogP) is 2.55. The van der Waals surface area contributed by atoms with E-state index in [1.807, 2.05) is 0 Å². The summed E-state index contributed by atoms with van der Waals surface area (Å²) in [6.45, 7) is 1.70. The van der Waals surface area contributed by atoms with E-state index >= 15 is 0 Å². The van der Waals surface area contributed by atoms with Crippen LogP contribution in [0.5, 0.6) is 0 Å². The lowest BCUT2D eigenvalue weighted by Gasteiger charge is -2.11. The van der Waals surface area contributed by atoms with Gasteiger partial charge in [0, 0.05) is 30.6 Å². The van der Waals surface area contributed by atoms with Crippen molar-refractivity contribution >= 4 is 12.4 Å². The average Bonchev–Trinajstić information content (AvgIpc) is 2.74. The highest BCUT2D eigenvalue weighted by molar-refractivity contribution is 5.85. The molecule has 0 saturated heterocycles. The smallest absolute Gasteiger partial charge is 0.171 e. The van der Waals surface area contributed by atoms with Gasteiger partial charge in [0.25, 0.3) is 0 Å². The number of nitrogens with zero attached hydrogens (tertiary/aromatic N) is 1. The average molecular weight is 255 g/mol. The Bertz CT molecular complexity index is 510. The molecule has 0 aliphatic carbocycles. The lowest BCUT2D eigenvalue weighted by Crippen LogP contribution is -2.23. The molecule has 3 nitrogen and oxygen atoms in total. The number of hydrogen-bond donors (Lipinski definition) is 1. The molecular weight excluding hydrogens is 243 g/mol. The molecule has 0 amide bonds. The van der Waals surface area contributed by atoms with E-state index in [0.29, 0.717) is 0 Å². The van der Waals surface area contributed by atoms with Crippen molar-refractivity contribution in [3.05, 3.63) is 41.3 Å². The molecule has 0 spiro atoms. The lowest BCUT2D eigenvalue weighted by atomic mass is 10.0. The van der Waals surface area contributed by atoms with Crippen molar-refractivity contribution < 1.29 is 8.91 Å². The fourth-order valence-electron chi connectivity index (χ4n) is 1.97. The van der Waals surface area contributed by atoms with Crippen molar-refractivity contribution in [3.8, 4) is 11.3 Å². The Morgan fingerprint density at radius 3 is 2.76 bits per heavy atom. The van der Waals surface area contributed by atoms with Crippen LogP contribution in [-0.4, -0.2) is 11.7 Å². The van der Waals surface area contributed by atoms with Crippen LogP contribution in [0, 0.1) is 5.82 Å². The first-order valence-corrected chi connectivity index (χ1v) is 5.28. The van der Waals surface area contributed by atoms with E-state index < -0.39 is 0 Å². The lowest BCUT2D eigenvalue weighted by molar-refractivity contribution is 0.423. The minimum Gasteiger partial charge on any atom is -0.356 e. The van der Waals surface area contributed by atoms with E-state index in [2.05, 4.69) is 10.5 Å². The Balaban J connectivity index is 0.00000108. The third-order valence-corrected chi connectivity index (χ3v) is 2.82. The largest absolute Gasteiger partial charge is 0.356 e. The summed E-state index contributed by atoms with van der Waals surface area (Å²) in [5.74, 6) is 0.512. The maximum atomic E-state index is 12.8. The third-order valence-electron chi connectivity index (χ3n) is 2.82. The molecule has 3 rings (SSSR count). The van der Waals surface area contributed by atoms with Crippen molar-refractivity contribution in [2.24, 2.45) is 0 Å². The van der Waals surface area contributed by atoms with Gasteiger partial charge in [0.2, 0.25) is 0 Å². The molecule has 1 aromatic heterocycles. The molecule has 2 aromatic rings. The van der Waals surface area contributed by atoms with Crippen LogP contribution in [-0.2, 0) is 13.0 Å². The standard InChI is InChI=1S/C12H11FN2O.ClH/c13-9-3-1-8(2-4-9)12-10-7-14-6-5-11(10)15-16-12;/h1-4,14H,5-7H2;1H. The van der Waals surface area contributed by atoms with E-state index in [-0.39, 0.29) is 18.2 Å². The van der Waals surface area contributed by atoms with Gasteiger partial charge in [0.05, 0.1) is 5.69 Å². The summed E-state index contributed by atoms with van der Waals surface area (Å²) in [5.41, 5.74) is 2.98. The van der Waals surface area contributed by atoms with E-state index in [9.17, 15) is 4.39 Å². The number of halogens is 2. The summed E-state index contributed by atoms with van der Waals surface area (Å²) in [5, 5.41) is 7.32. The van der Waals surface area contributed by atoms with Crippen LogP contribution in [0.3, 0.4) is 0 Å². The van der Waals surface area contributed by atoms with Crippen LogP contribution in [0.4, 0.5) is 4.39 Å². The van der Waals surface area contributed by atoms with Gasteiger partial charge >= 0.3 is 0 Å². The summed E-state index contributed by atoms with van der Waals surface area (Å²) in [4.78, 5) is 0. The molecule has 1 aromatic carbocycles. The zero-order chi connectivity index (χ0) is 11.0. The summed E-state index contributed by atoms with van der Waals surface area (Å²) < 4.78 is 18.1. The minimum atomic E-state index is -0.241. The molecule has 90 valence electrons. The number of nitrogens with one attached hydrogen (secondary N) is 1. The number of aromatic nitrogens is 1. The fourth-order valence-corrected chi connectivity index (χ4v) is 1.97. The van der Waals surface area contributed by atoms with E-state index in [4.69, 9.17) is 4.52 Å². The Morgan fingerprint density at radius 2 is 2.00 bits per heavy atom. The molecule has 17 heavy (non-hydrogen) atoms. The van der Waals surface area contributed by atoms with E-state index in [1.54, 1.807) is 12.1 Å². The molecule has 0 unspecified atom stereocenters. The monoisotopic (exact) mass is 254 g/mol. The van der Waals surface area contributed by atoms with Gasteiger partial charge in [-0.05, 0) is 24.3 Å². The normalized spacial score (nSPS) is 13.9. The zero-order valence-corrected chi connectivity index (χ0v) is 9.89. The molecule has 0 atom stereocenters. The Hall–Kier alpha value is -1.39. The number of rotatable bonds is 1. The van der Waals surface area contributed by atoms with Crippen molar-refractivity contribution in [1.29, 1.82) is 0 Å². The Morgan fingerprint density at radius 1 is 1.24 bits per heavy atom. The highest BCUT2D eigenvalue weighted by Crippen LogP contribution is 2.28. The van der Waals surface area contributed by atoms with Gasteiger partial charge in [-0.25, -0.2) is 4.39 Å². The highest BCUT2D eigenvalue weighted by atomic mass is 35.5. The molecule has 1 aliphatic rings. The number of benzene rings is 1. The molecule has 0 bridgehead atoms. The molecular formula is C12H12ClFN2O. The number of fused-ring (bicyclic) bond motifs is 1. The molecule has 5 heteroatoms. The molecule has 1 aliphatic heterocycles. The van der Waals surface area contributed by atoms with Crippen LogP contribution in [0.2, 0.25) is 0 Å². The van der Waals surface area contributed by atoms with Crippen molar-refractivity contribution in [2.45, 2.75) is 13.0 Å². The fraction of sp³-hybridized carbons (Fsp3) is 0.250. The highest BCUT2D eigenvalue weighted by Gasteiger charge is 2.19. The molecule has 0 fully saturated rings. The van der Waals surface area contributed by atoms with Crippen LogP contribution < -0.4 is 5.32 Å². The topological polar surface area (TPSA) is 38.1 Å². The summed E-state index contributed by atoms with van der Waals surface area (Å²) >= 11 is 0. The second-order valence-corrected chi connectivity index (χ2v) is 3.87. The van der Waals surface area contributed by atoms with Crippen molar-refractivity contribution in [2.75, 3.05) is 6.54 Å². The predicted molar refractivity (Wildman–Crippen MR) is 64.6 cm³/mol. The molecule has 1 N–H and O–H groups in total. The van der Waals surface area contributed by atoms with E-state index in [0.717, 1.165) is 42.1 Å². The quantitative estimate of drug-likeness (QED) is 0.850. The van der Waals surface area contributed by atoms with Gasteiger partial charge in [-0.2, -0.15) is 0 Å². The van der Waals surface area contributed by atoms with Crippen molar-refractivity contribution in [3.63, 3.8) is 0 Å². The SMILES string of the molecule is Cl.Fc1ccc(-c2onc3c2CNCC3)cc1. The first-order valence-electron chi connectivity index (χ1n) is 5.28. The molecule has 2 heterocycles. The summed E-state index contributed by atoms with van der Waals surface area (Å²) in [6.07, 6.45) is 0.889. The minimum absolute atomic E-state index is 0. The van der Waals surface area contributed by atoms with Crippen LogP contribution in [0.1, 0.15) is 11.3 Å². The first kappa shape index (κ1) is 12.1. The summed E-state index contributed by atoms with van der Waals surface area (Å²) in [7, 11) is 0. The van der Waals surface area contributed by atoms with Gasteiger partial charge in [0.15, 0.2) is 5.76 Å². The Kier molecular flexibility index (Phi) is 3.45. The van der Waals surface area contributed by atoms with Gasteiger partial charge in [-0.15, -0.1) is 12.4 Å². The van der Waals surface area contributed by atoms with E-state index in [1.165, 1.54) is 12.1 Å². The van der Waals surface area contributed by atoms with Crippen LogP contribution >= 0.6 is 12.4 Å². The third kappa shape index (κ3) is 2.18. The maximum absolute atomic E-state index is 12.8. The summed E-state index contributed by atoms with van der Waals surface area (Å²) in [6, 6.07) is 6.29. The Labute approximate surface area is 104 Å². The van der Waals surface area contributed by atoms with Gasteiger partial charge in [-0.3, -0.25) is 0 Å². The first-order chi connectivity index (χ1) is 7.84. The second kappa shape index (κ2) is 4.85. The second-order valence-electron chi connectivity index (χ2n) is 3.87. The van der Waals surface area contributed by atoms with Crippen LogP contribution in [0.25, 0.3) is 11.3 Å². The molecule has 0 saturated carbocycles. The van der Waals surface area contributed by atoms with Gasteiger partial charge in [-0.1, -0.05) is 5.16 Å². The van der Waals surface area contributed by atoms with Gasteiger partial charge in [0.1, 0.15) is 5.82 Å². The molecule has 0 radical (unpaired) electrons. The zero-order valence-electron chi connectivity index (χ0n) is 9.07.